The van der Waals surface area contributed by atoms with Crippen LogP contribution >= 0.6 is 0 Å². The highest BCUT2D eigenvalue weighted by molar-refractivity contribution is 5.93. The highest BCUT2D eigenvalue weighted by Gasteiger charge is 2.03. The van der Waals surface area contributed by atoms with Gasteiger partial charge in [0.2, 0.25) is 5.76 Å². The summed E-state index contributed by atoms with van der Waals surface area (Å²) in [6.07, 6.45) is 1.28. The van der Waals surface area contributed by atoms with Gasteiger partial charge in [-0.2, -0.15) is 5.26 Å². The molecule has 0 radical (unpaired) electrons. The van der Waals surface area contributed by atoms with Gasteiger partial charge in [0, 0.05) is 6.07 Å². The first-order valence-electron chi connectivity index (χ1n) is 2.73. The van der Waals surface area contributed by atoms with Crippen molar-refractivity contribution in [3.05, 3.63) is 23.7 Å². The summed E-state index contributed by atoms with van der Waals surface area (Å²) in [5.41, 5.74) is 0.441. The van der Waals surface area contributed by atoms with Crippen LogP contribution < -0.4 is 0 Å². The van der Waals surface area contributed by atoms with E-state index in [0.717, 1.165) is 0 Å². The van der Waals surface area contributed by atoms with Crippen molar-refractivity contribution >= 4 is 5.78 Å². The molecule has 0 aliphatic heterocycles. The fraction of sp³-hybridized carbons (Fsp3) is 0.143. The summed E-state index contributed by atoms with van der Waals surface area (Å²) in [7, 11) is 0. The van der Waals surface area contributed by atoms with Crippen LogP contribution in [-0.4, -0.2) is 5.78 Å². The van der Waals surface area contributed by atoms with Crippen molar-refractivity contribution in [2.24, 2.45) is 0 Å². The van der Waals surface area contributed by atoms with Crippen LogP contribution in [0.25, 0.3) is 0 Å². The second-order valence-electron chi connectivity index (χ2n) is 1.87. The number of carbonyl (C=O) groups excluding carboxylic acids is 1. The van der Waals surface area contributed by atoms with E-state index in [1.807, 2.05) is 0 Å². The van der Waals surface area contributed by atoms with Crippen molar-refractivity contribution in [3.63, 3.8) is 0 Å². The largest absolute Gasteiger partial charge is 0.453 e. The Morgan fingerprint density at radius 3 is 2.80 bits per heavy atom. The predicted octanol–water partition coefficient (Wildman–Crippen LogP) is 1.35. The van der Waals surface area contributed by atoms with Crippen molar-refractivity contribution in [3.8, 4) is 6.07 Å². The number of nitrogens with zero attached hydrogens (tertiary/aromatic N) is 1. The van der Waals surface area contributed by atoms with Crippen LogP contribution in [0.4, 0.5) is 0 Å². The lowest BCUT2D eigenvalue weighted by molar-refractivity contribution is 0.101. The van der Waals surface area contributed by atoms with Gasteiger partial charge in [0.05, 0.1) is 5.56 Å². The molecule has 1 aromatic rings. The zero-order valence-electron chi connectivity index (χ0n) is 5.42. The predicted molar refractivity (Wildman–Crippen MR) is 33.4 cm³/mol. The molecule has 1 rings (SSSR count). The third-order valence-corrected chi connectivity index (χ3v) is 1.12. The van der Waals surface area contributed by atoms with Crippen molar-refractivity contribution in [1.29, 1.82) is 5.26 Å². The van der Waals surface area contributed by atoms with Crippen LogP contribution in [0.15, 0.2) is 16.7 Å². The third kappa shape index (κ3) is 1.06. The van der Waals surface area contributed by atoms with E-state index in [9.17, 15) is 4.79 Å². The normalized spacial score (nSPS) is 8.80. The van der Waals surface area contributed by atoms with Gasteiger partial charge in [-0.1, -0.05) is 0 Å². The minimum atomic E-state index is -0.0924. The molecule has 0 aliphatic carbocycles. The van der Waals surface area contributed by atoms with Crippen LogP contribution in [0.5, 0.6) is 0 Å². The van der Waals surface area contributed by atoms with Gasteiger partial charge in [-0.3, -0.25) is 4.79 Å². The molecule has 0 saturated carbocycles. The Labute approximate surface area is 57.9 Å². The van der Waals surface area contributed by atoms with Crippen molar-refractivity contribution in [2.75, 3.05) is 0 Å². The summed E-state index contributed by atoms with van der Waals surface area (Å²) in [6, 6.07) is 3.20. The van der Waals surface area contributed by atoms with Crippen molar-refractivity contribution in [1.82, 2.24) is 0 Å². The number of carbonyl (C=O) groups is 1. The minimum absolute atomic E-state index is 0.0924. The molecule has 0 fully saturated rings. The van der Waals surface area contributed by atoms with Gasteiger partial charge in [-0.15, -0.1) is 0 Å². The zero-order chi connectivity index (χ0) is 7.56. The third-order valence-electron chi connectivity index (χ3n) is 1.12. The molecule has 1 heterocycles. The number of hydrogen-bond donors (Lipinski definition) is 0. The quantitative estimate of drug-likeness (QED) is 0.546. The van der Waals surface area contributed by atoms with E-state index in [2.05, 4.69) is 0 Å². The van der Waals surface area contributed by atoms with E-state index >= 15 is 0 Å². The molecule has 0 aliphatic rings. The summed E-state index contributed by atoms with van der Waals surface area (Å²) in [5.74, 6) is 0.0791. The summed E-state index contributed by atoms with van der Waals surface area (Å²) in [4.78, 5) is 10.6. The average Bonchev–Trinajstić information content (AvgIpc) is 2.34. The fourth-order valence-corrected chi connectivity index (χ4v) is 0.579. The average molecular weight is 135 g/mol. The second kappa shape index (κ2) is 2.36. The Balaban J connectivity index is 3.02. The topological polar surface area (TPSA) is 54.0 Å². The smallest absolute Gasteiger partial charge is 0.203 e. The number of hydrogen-bond acceptors (Lipinski definition) is 3. The van der Waals surface area contributed by atoms with E-state index in [1.165, 1.54) is 19.3 Å². The Hall–Kier alpha value is -1.56. The van der Waals surface area contributed by atoms with E-state index in [1.54, 1.807) is 6.07 Å². The number of rotatable bonds is 1. The molecule has 0 N–H and O–H groups in total. The minimum Gasteiger partial charge on any atom is -0.453 e. The van der Waals surface area contributed by atoms with Crippen molar-refractivity contribution < 1.29 is 9.21 Å². The first kappa shape index (κ1) is 6.56. The van der Waals surface area contributed by atoms with E-state index in [-0.39, 0.29) is 11.5 Å². The van der Waals surface area contributed by atoms with Crippen LogP contribution in [0.3, 0.4) is 0 Å². The van der Waals surface area contributed by atoms with E-state index in [0.29, 0.717) is 5.56 Å². The van der Waals surface area contributed by atoms with E-state index in [4.69, 9.17) is 9.68 Å². The zero-order valence-corrected chi connectivity index (χ0v) is 5.42. The molecule has 3 heteroatoms. The molecule has 3 nitrogen and oxygen atoms in total. The molecule has 10 heavy (non-hydrogen) atoms. The number of Topliss-reactive ketones (excluding diaryl/α,β-unsaturated/α-hetero) is 1. The number of ketones is 1. The molecule has 0 saturated heterocycles. The second-order valence-corrected chi connectivity index (χ2v) is 1.87. The Morgan fingerprint density at radius 1 is 1.80 bits per heavy atom. The molecule has 1 aromatic heterocycles. The summed E-state index contributed by atoms with van der Waals surface area (Å²) in [5, 5.41) is 8.28. The molecule has 0 spiro atoms. The molecule has 0 bridgehead atoms. The van der Waals surface area contributed by atoms with E-state index < -0.39 is 0 Å². The highest BCUT2D eigenvalue weighted by Crippen LogP contribution is 2.06. The van der Waals surface area contributed by atoms with Crippen LogP contribution in [0.2, 0.25) is 0 Å². The van der Waals surface area contributed by atoms with Gasteiger partial charge in [-0.25, -0.2) is 0 Å². The molecular weight excluding hydrogens is 130 g/mol. The number of nitriles is 1. The summed E-state index contributed by atoms with van der Waals surface area (Å²) >= 11 is 0. The first-order chi connectivity index (χ1) is 4.74. The highest BCUT2D eigenvalue weighted by atomic mass is 16.3. The van der Waals surface area contributed by atoms with Gasteiger partial charge in [0.25, 0.3) is 0 Å². The Bertz CT molecular complexity index is 293. The summed E-state index contributed by atoms with van der Waals surface area (Å²) < 4.78 is 4.69. The van der Waals surface area contributed by atoms with Gasteiger partial charge in [0.1, 0.15) is 12.3 Å². The standard InChI is InChI=1S/C7H5NO2/c1-5(9)6-2-7(3-8)10-4-6/h2,4H,1H3. The molecule has 0 atom stereocenters. The monoisotopic (exact) mass is 135 g/mol. The number of furan rings is 1. The lowest BCUT2D eigenvalue weighted by Crippen LogP contribution is -1.85. The van der Waals surface area contributed by atoms with Gasteiger partial charge in [-0.05, 0) is 6.92 Å². The fourth-order valence-electron chi connectivity index (χ4n) is 0.579. The molecule has 0 unspecified atom stereocenters. The molecular formula is C7H5NO2. The maximum absolute atomic E-state index is 10.6. The lowest BCUT2D eigenvalue weighted by atomic mass is 10.2. The summed E-state index contributed by atoms with van der Waals surface area (Å²) in [6.45, 7) is 1.42. The van der Waals surface area contributed by atoms with Crippen LogP contribution in [0, 0.1) is 11.3 Å². The van der Waals surface area contributed by atoms with Gasteiger partial charge in [0.15, 0.2) is 5.78 Å². The van der Waals surface area contributed by atoms with Crippen molar-refractivity contribution in [2.45, 2.75) is 6.92 Å². The molecule has 50 valence electrons. The van der Waals surface area contributed by atoms with Crippen LogP contribution in [-0.2, 0) is 0 Å². The van der Waals surface area contributed by atoms with Gasteiger partial charge >= 0.3 is 0 Å². The first-order valence-corrected chi connectivity index (χ1v) is 2.73. The Morgan fingerprint density at radius 2 is 2.50 bits per heavy atom. The molecule has 0 amide bonds. The maximum atomic E-state index is 10.6. The Kier molecular flexibility index (Phi) is 1.55. The molecule has 0 aromatic carbocycles. The maximum Gasteiger partial charge on any atom is 0.203 e. The lowest BCUT2D eigenvalue weighted by Gasteiger charge is -1.78. The van der Waals surface area contributed by atoms with Gasteiger partial charge < -0.3 is 4.42 Å². The van der Waals surface area contributed by atoms with Crippen LogP contribution in [0.1, 0.15) is 23.0 Å². The SMILES string of the molecule is CC(=O)c1coc(C#N)c1.